The van der Waals surface area contributed by atoms with E-state index in [1.807, 2.05) is 26.8 Å². The maximum absolute atomic E-state index is 12.4. The Labute approximate surface area is 174 Å². The van der Waals surface area contributed by atoms with Crippen LogP contribution in [0.4, 0.5) is 0 Å². The highest BCUT2D eigenvalue weighted by Crippen LogP contribution is 2.33. The predicted molar refractivity (Wildman–Crippen MR) is 115 cm³/mol. The third kappa shape index (κ3) is 8.50. The molecule has 0 heterocycles. The van der Waals surface area contributed by atoms with Gasteiger partial charge < -0.3 is 14.9 Å². The molecule has 162 valence electrons. The molecule has 2 N–H and O–H groups in total. The summed E-state index contributed by atoms with van der Waals surface area (Å²) in [6.45, 7) is 9.17. The van der Waals surface area contributed by atoms with Gasteiger partial charge in [-0.2, -0.15) is 0 Å². The molecule has 3 atom stereocenters. The second-order valence-corrected chi connectivity index (χ2v) is 8.51. The minimum atomic E-state index is -1.55. The quantitative estimate of drug-likeness (QED) is 0.491. The molecule has 0 aliphatic heterocycles. The average molecular weight is 405 g/mol. The maximum Gasteiger partial charge on any atom is 0.306 e. The van der Waals surface area contributed by atoms with Crippen LogP contribution in [0.25, 0.3) is 0 Å². The molecule has 1 aliphatic carbocycles. The van der Waals surface area contributed by atoms with Crippen LogP contribution < -0.4 is 0 Å². The Morgan fingerprint density at radius 1 is 1.31 bits per heavy atom. The van der Waals surface area contributed by atoms with Gasteiger partial charge in [0.05, 0.1) is 6.61 Å². The van der Waals surface area contributed by atoms with Crippen molar-refractivity contribution in [2.75, 3.05) is 6.61 Å². The Balaban J connectivity index is 3.33. The summed E-state index contributed by atoms with van der Waals surface area (Å²) in [5, 5.41) is 20.5. The first-order valence-corrected chi connectivity index (χ1v) is 10.3. The third-order valence-electron chi connectivity index (χ3n) is 5.10. The average Bonchev–Trinajstić information content (AvgIpc) is 2.64. The van der Waals surface area contributed by atoms with Gasteiger partial charge in [0.15, 0.2) is 11.9 Å². The molecule has 5 heteroatoms. The zero-order chi connectivity index (χ0) is 22.1. The molecule has 0 amide bonds. The normalized spacial score (nSPS) is 31.8. The lowest BCUT2D eigenvalue weighted by molar-refractivity contribution is -0.154. The van der Waals surface area contributed by atoms with Crippen molar-refractivity contribution in [3.05, 3.63) is 47.6 Å². The molecule has 0 aromatic rings. The van der Waals surface area contributed by atoms with Crippen molar-refractivity contribution < 1.29 is 24.5 Å². The van der Waals surface area contributed by atoms with Crippen LogP contribution >= 0.6 is 0 Å². The molecule has 0 saturated carbocycles. The molecule has 0 spiro atoms. The van der Waals surface area contributed by atoms with Crippen molar-refractivity contribution >= 4 is 11.8 Å². The molecular weight excluding hydrogens is 368 g/mol. The Bertz CT molecular complexity index is 692. The van der Waals surface area contributed by atoms with Crippen molar-refractivity contribution in [2.24, 2.45) is 5.41 Å². The molecule has 1 rings (SSSR count). The first-order valence-electron chi connectivity index (χ1n) is 10.3. The lowest BCUT2D eigenvalue weighted by Crippen LogP contribution is -2.40. The SMILES string of the molecule is CCCC(=O)O[C@@H]1/C=C/[C@@](C)(CCC=C(C)C)C/C=C(/CO)C(=O)/C=C/[C@@]1(C)O. The molecule has 5 nitrogen and oxygen atoms in total. The summed E-state index contributed by atoms with van der Waals surface area (Å²) >= 11 is 0. The predicted octanol–water partition coefficient (Wildman–Crippen LogP) is 4.21. The van der Waals surface area contributed by atoms with Crippen LogP contribution in [-0.2, 0) is 14.3 Å². The number of hydrogen-bond acceptors (Lipinski definition) is 5. The fourth-order valence-electron chi connectivity index (χ4n) is 3.07. The van der Waals surface area contributed by atoms with Gasteiger partial charge >= 0.3 is 5.97 Å². The molecule has 29 heavy (non-hydrogen) atoms. The highest BCUT2D eigenvalue weighted by atomic mass is 16.6. The van der Waals surface area contributed by atoms with Crippen LogP contribution in [0, 0.1) is 5.41 Å². The van der Waals surface area contributed by atoms with E-state index in [-0.39, 0.29) is 24.2 Å². The molecule has 0 unspecified atom stereocenters. The minimum Gasteiger partial charge on any atom is -0.455 e. The fourth-order valence-corrected chi connectivity index (χ4v) is 3.07. The monoisotopic (exact) mass is 404 g/mol. The summed E-state index contributed by atoms with van der Waals surface area (Å²) in [5.41, 5.74) is -0.362. The van der Waals surface area contributed by atoms with E-state index < -0.39 is 17.7 Å². The first-order chi connectivity index (χ1) is 13.5. The fraction of sp³-hybridized carbons (Fsp3) is 0.583. The highest BCUT2D eigenvalue weighted by Gasteiger charge is 2.32. The topological polar surface area (TPSA) is 83.8 Å². The lowest BCUT2D eigenvalue weighted by atomic mass is 9.80. The molecule has 0 radical (unpaired) electrons. The van der Waals surface area contributed by atoms with Gasteiger partial charge in [-0.1, -0.05) is 37.6 Å². The number of ketones is 1. The molecular formula is C24H36O5. The Morgan fingerprint density at radius 2 is 2.00 bits per heavy atom. The van der Waals surface area contributed by atoms with E-state index in [1.165, 1.54) is 24.6 Å². The van der Waals surface area contributed by atoms with Gasteiger partial charge in [-0.3, -0.25) is 9.59 Å². The Morgan fingerprint density at radius 3 is 2.59 bits per heavy atom. The number of carbonyl (C=O) groups is 2. The van der Waals surface area contributed by atoms with Gasteiger partial charge in [-0.15, -0.1) is 0 Å². The van der Waals surface area contributed by atoms with Gasteiger partial charge in [-0.05, 0) is 70.1 Å². The van der Waals surface area contributed by atoms with Crippen molar-refractivity contribution in [3.63, 3.8) is 0 Å². The van der Waals surface area contributed by atoms with Gasteiger partial charge in [0, 0.05) is 12.0 Å². The van der Waals surface area contributed by atoms with E-state index in [0.29, 0.717) is 18.4 Å². The van der Waals surface area contributed by atoms with E-state index >= 15 is 0 Å². The van der Waals surface area contributed by atoms with Crippen molar-refractivity contribution in [2.45, 2.75) is 78.4 Å². The van der Waals surface area contributed by atoms with E-state index in [1.54, 1.807) is 12.2 Å². The van der Waals surface area contributed by atoms with Crippen molar-refractivity contribution in [1.29, 1.82) is 0 Å². The number of allylic oxidation sites excluding steroid dienone is 5. The number of aliphatic hydroxyl groups excluding tert-OH is 1. The number of hydrogen-bond donors (Lipinski definition) is 2. The van der Waals surface area contributed by atoms with E-state index in [4.69, 9.17) is 4.74 Å². The molecule has 0 saturated heterocycles. The summed E-state index contributed by atoms with van der Waals surface area (Å²) in [7, 11) is 0. The van der Waals surface area contributed by atoms with Gasteiger partial charge in [-0.25, -0.2) is 0 Å². The van der Waals surface area contributed by atoms with Crippen LogP contribution in [0.5, 0.6) is 0 Å². The zero-order valence-corrected chi connectivity index (χ0v) is 18.4. The summed E-state index contributed by atoms with van der Waals surface area (Å²) in [6.07, 6.45) is 12.4. The van der Waals surface area contributed by atoms with E-state index in [0.717, 1.165) is 12.8 Å². The highest BCUT2D eigenvalue weighted by molar-refractivity contribution is 6.04. The summed E-state index contributed by atoms with van der Waals surface area (Å²) < 4.78 is 5.53. The summed E-state index contributed by atoms with van der Waals surface area (Å²) in [6, 6.07) is 0. The Kier molecular flexibility index (Phi) is 9.74. The first kappa shape index (κ1) is 25.1. The lowest BCUT2D eigenvalue weighted by Gasteiger charge is -2.30. The largest absolute Gasteiger partial charge is 0.455 e. The molecule has 0 aromatic heterocycles. The van der Waals surface area contributed by atoms with Gasteiger partial charge in [0.1, 0.15) is 5.60 Å². The second kappa shape index (κ2) is 11.3. The number of ether oxygens (including phenoxy) is 1. The maximum atomic E-state index is 12.4. The second-order valence-electron chi connectivity index (χ2n) is 8.51. The van der Waals surface area contributed by atoms with E-state index in [2.05, 4.69) is 13.0 Å². The van der Waals surface area contributed by atoms with Crippen LogP contribution in [0.2, 0.25) is 0 Å². The van der Waals surface area contributed by atoms with Crippen molar-refractivity contribution in [1.82, 2.24) is 0 Å². The van der Waals surface area contributed by atoms with Crippen LogP contribution in [0.1, 0.15) is 66.7 Å². The molecule has 0 aromatic carbocycles. The number of esters is 1. The number of aliphatic hydroxyl groups is 2. The molecule has 0 bridgehead atoms. The van der Waals surface area contributed by atoms with Crippen LogP contribution in [-0.4, -0.2) is 40.3 Å². The Hall–Kier alpha value is -1.98. The molecule has 0 fully saturated rings. The number of rotatable bonds is 7. The summed E-state index contributed by atoms with van der Waals surface area (Å²) in [4.78, 5) is 24.5. The number of carbonyl (C=O) groups excluding carboxylic acids is 2. The van der Waals surface area contributed by atoms with Crippen molar-refractivity contribution in [3.8, 4) is 0 Å². The molecule has 1 aliphatic rings. The third-order valence-corrected chi connectivity index (χ3v) is 5.10. The standard InChI is InChI=1S/C24H36O5/c1-6-8-22(27)29-21-12-15-23(4,13-7-9-18(2)3)14-10-19(17-25)20(26)11-16-24(21,5)28/h9-12,15-16,21,25,28H,6-8,13-14,17H2,1-5H3/b15-12+,16-11+,19-10-/t21-,23+,24-/m1/s1. The smallest absolute Gasteiger partial charge is 0.306 e. The zero-order valence-electron chi connectivity index (χ0n) is 18.4. The van der Waals surface area contributed by atoms with Crippen LogP contribution in [0.15, 0.2) is 47.6 Å². The minimum absolute atomic E-state index is 0.261. The van der Waals surface area contributed by atoms with E-state index in [9.17, 15) is 19.8 Å². The van der Waals surface area contributed by atoms with Crippen LogP contribution in [0.3, 0.4) is 0 Å². The van der Waals surface area contributed by atoms with Gasteiger partial charge in [0.2, 0.25) is 0 Å². The summed E-state index contributed by atoms with van der Waals surface area (Å²) in [5.74, 6) is -0.752. The van der Waals surface area contributed by atoms with Gasteiger partial charge in [0.25, 0.3) is 0 Å².